The Bertz CT molecular complexity index is 867. The topological polar surface area (TPSA) is 151 Å². The summed E-state index contributed by atoms with van der Waals surface area (Å²) in [5.41, 5.74) is 6.34. The van der Waals surface area contributed by atoms with Gasteiger partial charge in [0.05, 0.1) is 16.1 Å². The van der Waals surface area contributed by atoms with Crippen LogP contribution in [-0.2, 0) is 14.4 Å². The van der Waals surface area contributed by atoms with E-state index in [1.54, 1.807) is 13.2 Å². The Morgan fingerprint density at radius 1 is 0.921 bits per heavy atom. The first-order valence-electron chi connectivity index (χ1n) is 10.5. The van der Waals surface area contributed by atoms with Crippen molar-refractivity contribution in [2.45, 2.75) is 31.6 Å². The fourth-order valence-electron chi connectivity index (χ4n) is 2.05. The van der Waals surface area contributed by atoms with Crippen molar-refractivity contribution in [3.8, 4) is 5.75 Å². The maximum absolute atomic E-state index is 11.8. The van der Waals surface area contributed by atoms with Crippen LogP contribution >= 0.6 is 31.9 Å². The fourth-order valence-corrected chi connectivity index (χ4v) is 3.59. The Labute approximate surface area is 231 Å². The van der Waals surface area contributed by atoms with E-state index in [-0.39, 0.29) is 5.91 Å². The number of alkyl halides is 6. The summed E-state index contributed by atoms with van der Waals surface area (Å²) in [6.07, 6.45) is -3.81. The van der Waals surface area contributed by atoms with E-state index in [1.807, 2.05) is 12.1 Å². The maximum atomic E-state index is 11.8. The number of carboxylic acid groups (broad SMARTS) is 2. The van der Waals surface area contributed by atoms with E-state index in [0.29, 0.717) is 6.54 Å². The standard InChI is InChI=1S/C17H25Br2N3O2.2C2HF3O2/c1-24-17-14(18)11-13(12-15(17)19)5-6-16(23)22-10-4-9-21-8-3-2-7-20;2*3-2(4,5)1(6)7/h5-6,11-12,21H,2-4,7-10,20H2,1H3,(H,22,23);2*(H,6,7). The first kappa shape index (κ1) is 37.8. The molecule has 1 aromatic rings. The second-order valence-corrected chi connectivity index (χ2v) is 8.56. The van der Waals surface area contributed by atoms with E-state index in [9.17, 15) is 31.1 Å². The molecule has 0 aliphatic carbocycles. The van der Waals surface area contributed by atoms with Gasteiger partial charge in [-0.3, -0.25) is 4.79 Å². The average Bonchev–Trinajstić information content (AvgIpc) is 2.79. The van der Waals surface area contributed by atoms with Crippen LogP contribution < -0.4 is 21.1 Å². The number of carbonyl (C=O) groups excluding carboxylic acids is 1. The lowest BCUT2D eigenvalue weighted by atomic mass is 10.2. The van der Waals surface area contributed by atoms with Crippen molar-refractivity contribution in [1.29, 1.82) is 0 Å². The van der Waals surface area contributed by atoms with Crippen molar-refractivity contribution >= 4 is 55.8 Å². The van der Waals surface area contributed by atoms with Gasteiger partial charge in [0, 0.05) is 12.6 Å². The summed E-state index contributed by atoms with van der Waals surface area (Å²) in [7, 11) is 1.61. The third-order valence-corrected chi connectivity index (χ3v) is 4.95. The van der Waals surface area contributed by atoms with Gasteiger partial charge in [0.15, 0.2) is 0 Å². The molecule has 38 heavy (non-hydrogen) atoms. The molecular weight excluding hydrogens is 664 g/mol. The zero-order valence-electron chi connectivity index (χ0n) is 19.9. The van der Waals surface area contributed by atoms with Crippen molar-refractivity contribution in [2.24, 2.45) is 5.73 Å². The number of carboxylic acids is 2. The van der Waals surface area contributed by atoms with Gasteiger partial charge < -0.3 is 31.3 Å². The first-order valence-corrected chi connectivity index (χ1v) is 12.1. The number of hydrogen-bond acceptors (Lipinski definition) is 6. The molecule has 0 aromatic heterocycles. The van der Waals surface area contributed by atoms with Crippen molar-refractivity contribution < 1.29 is 55.7 Å². The third kappa shape index (κ3) is 19.7. The summed E-state index contributed by atoms with van der Waals surface area (Å²) in [5.74, 6) is -4.88. The van der Waals surface area contributed by atoms with Gasteiger partial charge >= 0.3 is 24.3 Å². The van der Waals surface area contributed by atoms with Crippen LogP contribution in [0, 0.1) is 0 Å². The Balaban J connectivity index is 0. The van der Waals surface area contributed by atoms with E-state index < -0.39 is 24.3 Å². The zero-order chi connectivity index (χ0) is 29.9. The Kier molecular flexibility index (Phi) is 19.5. The van der Waals surface area contributed by atoms with Crippen LogP contribution in [0.1, 0.15) is 24.8 Å². The molecule has 17 heteroatoms. The molecule has 0 aliphatic heterocycles. The van der Waals surface area contributed by atoms with E-state index >= 15 is 0 Å². The predicted octanol–water partition coefficient (Wildman–Crippen LogP) is 4.33. The highest BCUT2D eigenvalue weighted by molar-refractivity contribution is 9.11. The SMILES string of the molecule is COc1c(Br)cc(C=CC(=O)NCCCNCCCCN)cc1Br.O=C(O)C(F)(F)F.O=C(O)C(F)(F)F. The zero-order valence-corrected chi connectivity index (χ0v) is 23.1. The molecule has 0 radical (unpaired) electrons. The van der Waals surface area contributed by atoms with Crippen LogP contribution in [0.15, 0.2) is 27.2 Å². The second kappa shape index (κ2) is 19.7. The lowest BCUT2D eigenvalue weighted by Crippen LogP contribution is -2.26. The number of aliphatic carboxylic acids is 2. The highest BCUT2D eigenvalue weighted by Gasteiger charge is 2.38. The van der Waals surface area contributed by atoms with Gasteiger partial charge in [-0.1, -0.05) is 0 Å². The number of nitrogens with one attached hydrogen (secondary N) is 2. The molecule has 0 heterocycles. The first-order chi connectivity index (χ1) is 17.5. The van der Waals surface area contributed by atoms with E-state index in [4.69, 9.17) is 30.3 Å². The van der Waals surface area contributed by atoms with Crippen LogP contribution in [-0.4, -0.2) is 73.7 Å². The van der Waals surface area contributed by atoms with Crippen LogP contribution in [0.25, 0.3) is 6.08 Å². The quantitative estimate of drug-likeness (QED) is 0.131. The highest BCUT2D eigenvalue weighted by atomic mass is 79.9. The van der Waals surface area contributed by atoms with Gasteiger partial charge in [-0.05, 0) is 94.5 Å². The number of ether oxygens (including phenoxy) is 1. The van der Waals surface area contributed by atoms with Crippen LogP contribution in [0.5, 0.6) is 5.75 Å². The van der Waals surface area contributed by atoms with Crippen molar-refractivity contribution in [3.63, 3.8) is 0 Å². The van der Waals surface area contributed by atoms with Gasteiger partial charge in [0.2, 0.25) is 5.91 Å². The largest absolute Gasteiger partial charge is 0.494 e. The molecule has 6 N–H and O–H groups in total. The Hall–Kier alpha value is -2.37. The van der Waals surface area contributed by atoms with Crippen LogP contribution in [0.4, 0.5) is 26.3 Å². The monoisotopic (exact) mass is 689 g/mol. The normalized spacial score (nSPS) is 11.1. The second-order valence-electron chi connectivity index (χ2n) is 6.85. The smallest absolute Gasteiger partial charge is 0.490 e. The molecule has 0 aliphatic rings. The average molecular weight is 691 g/mol. The molecule has 0 spiro atoms. The van der Waals surface area contributed by atoms with Gasteiger partial charge in [0.25, 0.3) is 0 Å². The number of halogens is 8. The number of methoxy groups -OCH3 is 1. The number of hydrogen-bond donors (Lipinski definition) is 5. The molecule has 0 bridgehead atoms. The Morgan fingerprint density at radius 3 is 1.76 bits per heavy atom. The molecule has 218 valence electrons. The molecule has 1 rings (SSSR count). The number of benzene rings is 1. The van der Waals surface area contributed by atoms with Gasteiger partial charge in [-0.2, -0.15) is 26.3 Å². The van der Waals surface area contributed by atoms with E-state index in [1.165, 1.54) is 6.08 Å². The summed E-state index contributed by atoms with van der Waals surface area (Å²) in [6, 6.07) is 3.80. The summed E-state index contributed by atoms with van der Waals surface area (Å²) >= 11 is 6.89. The Morgan fingerprint density at radius 2 is 1.37 bits per heavy atom. The molecule has 0 atom stereocenters. The lowest BCUT2D eigenvalue weighted by molar-refractivity contribution is -0.193. The lowest BCUT2D eigenvalue weighted by Gasteiger charge is -2.07. The van der Waals surface area contributed by atoms with E-state index in [0.717, 1.165) is 59.2 Å². The van der Waals surface area contributed by atoms with Crippen molar-refractivity contribution in [3.05, 3.63) is 32.7 Å². The van der Waals surface area contributed by atoms with Gasteiger partial charge in [0.1, 0.15) is 5.75 Å². The molecular formula is C21H27Br2F6N3O6. The molecule has 1 aromatic carbocycles. The number of amides is 1. The predicted molar refractivity (Wildman–Crippen MR) is 134 cm³/mol. The molecule has 0 unspecified atom stereocenters. The summed E-state index contributed by atoms with van der Waals surface area (Å²) in [4.78, 5) is 29.6. The highest BCUT2D eigenvalue weighted by Crippen LogP contribution is 2.34. The summed E-state index contributed by atoms with van der Waals surface area (Å²) in [6.45, 7) is 3.27. The molecule has 0 saturated carbocycles. The number of unbranched alkanes of at least 4 members (excludes halogenated alkanes) is 1. The number of rotatable bonds is 11. The summed E-state index contributed by atoms with van der Waals surface area (Å²) in [5, 5.41) is 20.5. The van der Waals surface area contributed by atoms with E-state index in [2.05, 4.69) is 42.5 Å². The number of carbonyl (C=O) groups is 3. The fraction of sp³-hybridized carbons (Fsp3) is 0.476. The van der Waals surface area contributed by atoms with Crippen LogP contribution in [0.3, 0.4) is 0 Å². The van der Waals surface area contributed by atoms with Crippen molar-refractivity contribution in [1.82, 2.24) is 10.6 Å². The van der Waals surface area contributed by atoms with Crippen molar-refractivity contribution in [2.75, 3.05) is 33.3 Å². The minimum atomic E-state index is -5.08. The molecule has 0 fully saturated rings. The number of nitrogens with two attached hydrogens (primary N) is 1. The van der Waals surface area contributed by atoms with Crippen LogP contribution in [0.2, 0.25) is 0 Å². The van der Waals surface area contributed by atoms with Gasteiger partial charge in [-0.15, -0.1) is 0 Å². The molecule has 1 amide bonds. The molecule has 0 saturated heterocycles. The van der Waals surface area contributed by atoms with Gasteiger partial charge in [-0.25, -0.2) is 9.59 Å². The summed E-state index contributed by atoms with van der Waals surface area (Å²) < 4.78 is 70.4. The minimum Gasteiger partial charge on any atom is -0.494 e. The maximum Gasteiger partial charge on any atom is 0.490 e. The minimum absolute atomic E-state index is 0.0961. The third-order valence-electron chi connectivity index (χ3n) is 3.77. The molecule has 9 nitrogen and oxygen atoms in total.